The van der Waals surface area contributed by atoms with Crippen molar-refractivity contribution in [1.29, 1.82) is 0 Å². The number of halogens is 1. The molecule has 0 amide bonds. The van der Waals surface area contributed by atoms with E-state index in [1.165, 1.54) is 5.56 Å². The van der Waals surface area contributed by atoms with E-state index in [1.54, 1.807) is 0 Å². The molecule has 0 unspecified atom stereocenters. The lowest BCUT2D eigenvalue weighted by atomic mass is 10.2. The van der Waals surface area contributed by atoms with Crippen LogP contribution in [0.1, 0.15) is 5.56 Å². The van der Waals surface area contributed by atoms with Gasteiger partial charge in [0, 0.05) is 5.03 Å². The van der Waals surface area contributed by atoms with E-state index in [-0.39, 0.29) is 0 Å². The molecule has 64 valence electrons. The van der Waals surface area contributed by atoms with Crippen molar-refractivity contribution in [2.75, 3.05) is 6.61 Å². The molecule has 0 spiro atoms. The van der Waals surface area contributed by atoms with Crippen LogP contribution in [0.5, 0.6) is 5.75 Å². The van der Waals surface area contributed by atoms with Crippen molar-refractivity contribution in [1.82, 2.24) is 0 Å². The van der Waals surface area contributed by atoms with Crippen molar-refractivity contribution >= 4 is 11.6 Å². The molecule has 0 atom stereocenters. The normalized spacial score (nSPS) is 9.50. The van der Waals surface area contributed by atoms with Crippen molar-refractivity contribution in [3.63, 3.8) is 0 Å². The van der Waals surface area contributed by atoms with E-state index in [2.05, 4.69) is 6.58 Å². The van der Waals surface area contributed by atoms with Gasteiger partial charge in [-0.3, -0.25) is 0 Å². The second kappa shape index (κ2) is 4.17. The second-order valence-electron chi connectivity index (χ2n) is 2.62. The standard InChI is InChI=1S/C10H11ClO/c1-8-4-3-5-10(6-8)12-7-9(2)11/h3-6H,2,7H2,1H3. The van der Waals surface area contributed by atoms with Crippen molar-refractivity contribution < 1.29 is 4.74 Å². The topological polar surface area (TPSA) is 9.23 Å². The summed E-state index contributed by atoms with van der Waals surface area (Å²) in [5.41, 5.74) is 1.17. The van der Waals surface area contributed by atoms with Gasteiger partial charge in [0.1, 0.15) is 12.4 Å². The van der Waals surface area contributed by atoms with Gasteiger partial charge in [-0.05, 0) is 24.6 Å². The number of hydrogen-bond donors (Lipinski definition) is 0. The van der Waals surface area contributed by atoms with Crippen LogP contribution in [0.4, 0.5) is 0 Å². The molecule has 12 heavy (non-hydrogen) atoms. The fourth-order valence-corrected chi connectivity index (χ4v) is 0.921. The number of hydrogen-bond acceptors (Lipinski definition) is 1. The first-order chi connectivity index (χ1) is 5.68. The fourth-order valence-electron chi connectivity index (χ4n) is 0.867. The van der Waals surface area contributed by atoms with E-state index in [1.807, 2.05) is 31.2 Å². The van der Waals surface area contributed by atoms with Gasteiger partial charge in [-0.1, -0.05) is 30.3 Å². The van der Waals surface area contributed by atoms with Gasteiger partial charge < -0.3 is 4.74 Å². The lowest BCUT2D eigenvalue weighted by molar-refractivity contribution is 0.359. The van der Waals surface area contributed by atoms with Crippen LogP contribution in [0.15, 0.2) is 35.9 Å². The van der Waals surface area contributed by atoms with Gasteiger partial charge in [-0.15, -0.1) is 0 Å². The maximum absolute atomic E-state index is 5.55. The highest BCUT2D eigenvalue weighted by atomic mass is 35.5. The van der Waals surface area contributed by atoms with Crippen LogP contribution in [0.2, 0.25) is 0 Å². The van der Waals surface area contributed by atoms with Crippen molar-refractivity contribution in [2.45, 2.75) is 6.92 Å². The molecule has 0 aromatic heterocycles. The van der Waals surface area contributed by atoms with E-state index < -0.39 is 0 Å². The van der Waals surface area contributed by atoms with Crippen LogP contribution in [0.25, 0.3) is 0 Å². The molecule has 0 saturated carbocycles. The molecule has 0 saturated heterocycles. The van der Waals surface area contributed by atoms with Gasteiger partial charge >= 0.3 is 0 Å². The molecular formula is C10H11ClO. The third-order valence-electron chi connectivity index (χ3n) is 1.38. The van der Waals surface area contributed by atoms with Crippen LogP contribution < -0.4 is 4.74 Å². The maximum atomic E-state index is 5.55. The summed E-state index contributed by atoms with van der Waals surface area (Å²) in [6, 6.07) is 7.82. The van der Waals surface area contributed by atoms with Crippen LogP contribution in [0.3, 0.4) is 0 Å². The molecule has 1 aromatic carbocycles. The number of ether oxygens (including phenoxy) is 1. The Morgan fingerprint density at radius 3 is 2.92 bits per heavy atom. The fraction of sp³-hybridized carbons (Fsp3) is 0.200. The number of rotatable bonds is 3. The van der Waals surface area contributed by atoms with Gasteiger partial charge in [0.25, 0.3) is 0 Å². The summed E-state index contributed by atoms with van der Waals surface area (Å²) >= 11 is 5.55. The van der Waals surface area contributed by atoms with E-state index in [0.717, 1.165) is 5.75 Å². The summed E-state index contributed by atoms with van der Waals surface area (Å²) < 4.78 is 5.32. The van der Waals surface area contributed by atoms with Gasteiger partial charge in [0.05, 0.1) is 0 Å². The number of benzene rings is 1. The molecule has 0 N–H and O–H groups in total. The minimum Gasteiger partial charge on any atom is -0.488 e. The first-order valence-corrected chi connectivity index (χ1v) is 4.09. The lowest BCUT2D eigenvalue weighted by Crippen LogP contribution is -1.95. The Morgan fingerprint density at radius 2 is 2.33 bits per heavy atom. The second-order valence-corrected chi connectivity index (χ2v) is 3.16. The minimum absolute atomic E-state index is 0.366. The predicted molar refractivity (Wildman–Crippen MR) is 51.7 cm³/mol. The highest BCUT2D eigenvalue weighted by Gasteiger charge is 1.93. The summed E-state index contributed by atoms with van der Waals surface area (Å²) in [7, 11) is 0. The summed E-state index contributed by atoms with van der Waals surface area (Å²) in [4.78, 5) is 0. The third-order valence-corrected chi connectivity index (χ3v) is 1.49. The third kappa shape index (κ3) is 2.97. The maximum Gasteiger partial charge on any atom is 0.123 e. The van der Waals surface area contributed by atoms with E-state index in [0.29, 0.717) is 11.6 Å². The monoisotopic (exact) mass is 182 g/mol. The quantitative estimate of drug-likeness (QED) is 0.698. The molecule has 0 aliphatic heterocycles. The predicted octanol–water partition coefficient (Wildman–Crippen LogP) is 3.13. The highest BCUT2D eigenvalue weighted by Crippen LogP contribution is 2.13. The van der Waals surface area contributed by atoms with Gasteiger partial charge in [0.15, 0.2) is 0 Å². The van der Waals surface area contributed by atoms with Crippen LogP contribution in [-0.2, 0) is 0 Å². The van der Waals surface area contributed by atoms with Crippen molar-refractivity contribution in [2.24, 2.45) is 0 Å². The zero-order chi connectivity index (χ0) is 8.97. The van der Waals surface area contributed by atoms with Crippen molar-refractivity contribution in [3.8, 4) is 5.75 Å². The van der Waals surface area contributed by atoms with E-state index in [9.17, 15) is 0 Å². The molecule has 1 nitrogen and oxygen atoms in total. The van der Waals surface area contributed by atoms with E-state index >= 15 is 0 Å². The molecule has 0 bridgehead atoms. The molecule has 0 radical (unpaired) electrons. The molecule has 1 rings (SSSR count). The molecular weight excluding hydrogens is 172 g/mol. The Balaban J connectivity index is 2.57. The summed E-state index contributed by atoms with van der Waals surface area (Å²) in [5.74, 6) is 0.830. The summed E-state index contributed by atoms with van der Waals surface area (Å²) in [5, 5.41) is 0.511. The van der Waals surface area contributed by atoms with Crippen LogP contribution in [-0.4, -0.2) is 6.61 Å². The molecule has 0 aliphatic rings. The molecule has 2 heteroatoms. The molecule has 0 aliphatic carbocycles. The Kier molecular flexibility index (Phi) is 3.18. The zero-order valence-corrected chi connectivity index (χ0v) is 7.77. The Labute approximate surface area is 77.6 Å². The van der Waals surface area contributed by atoms with E-state index in [4.69, 9.17) is 16.3 Å². The van der Waals surface area contributed by atoms with Gasteiger partial charge in [-0.2, -0.15) is 0 Å². The van der Waals surface area contributed by atoms with Crippen LogP contribution >= 0.6 is 11.6 Å². The van der Waals surface area contributed by atoms with Crippen LogP contribution in [0, 0.1) is 6.92 Å². The summed E-state index contributed by atoms with van der Waals surface area (Å²) in [6.45, 7) is 5.92. The first-order valence-electron chi connectivity index (χ1n) is 3.71. The highest BCUT2D eigenvalue weighted by molar-refractivity contribution is 6.29. The molecule has 0 fully saturated rings. The average Bonchev–Trinajstić information content (AvgIpc) is 2.01. The van der Waals surface area contributed by atoms with Gasteiger partial charge in [0.2, 0.25) is 0 Å². The Morgan fingerprint density at radius 1 is 1.58 bits per heavy atom. The first kappa shape index (κ1) is 9.14. The van der Waals surface area contributed by atoms with Crippen molar-refractivity contribution in [3.05, 3.63) is 41.4 Å². The minimum atomic E-state index is 0.366. The zero-order valence-electron chi connectivity index (χ0n) is 7.01. The summed E-state index contributed by atoms with van der Waals surface area (Å²) in [6.07, 6.45) is 0. The lowest BCUT2D eigenvalue weighted by Gasteiger charge is -2.04. The largest absolute Gasteiger partial charge is 0.488 e. The number of aryl methyl sites for hydroxylation is 1. The smallest absolute Gasteiger partial charge is 0.123 e. The molecule has 0 heterocycles. The SMILES string of the molecule is C=C(Cl)COc1cccc(C)c1. The molecule has 1 aromatic rings. The Hall–Kier alpha value is -0.950. The van der Waals surface area contributed by atoms with Gasteiger partial charge in [-0.25, -0.2) is 0 Å². The average molecular weight is 183 g/mol. The Bertz CT molecular complexity index is 281.